The van der Waals surface area contributed by atoms with E-state index in [1.54, 1.807) is 42.5 Å². The summed E-state index contributed by atoms with van der Waals surface area (Å²) < 4.78 is 22.7. The number of ether oxygens (including phenoxy) is 4. The fourth-order valence-corrected chi connectivity index (χ4v) is 4.99. The number of nitriles is 1. The number of nitro groups is 1. The van der Waals surface area contributed by atoms with Crippen LogP contribution in [0.3, 0.4) is 0 Å². The lowest BCUT2D eigenvalue weighted by atomic mass is 9.83. The van der Waals surface area contributed by atoms with Crippen molar-refractivity contribution in [1.29, 1.82) is 5.26 Å². The summed E-state index contributed by atoms with van der Waals surface area (Å²) in [4.78, 5) is 23.2. The Balaban J connectivity index is 1.42. The monoisotopic (exact) mass is 617 g/mol. The minimum Gasteiger partial charge on any atom is -0.493 e. The molecule has 0 spiro atoms. The molecule has 1 unspecified atom stereocenters. The van der Waals surface area contributed by atoms with Gasteiger partial charge in [0.2, 0.25) is 5.88 Å². The van der Waals surface area contributed by atoms with Crippen molar-refractivity contribution in [3.63, 3.8) is 0 Å². The lowest BCUT2D eigenvalue weighted by Crippen LogP contribution is -2.21. The molecule has 1 aliphatic rings. The van der Waals surface area contributed by atoms with E-state index in [0.717, 1.165) is 11.6 Å². The molecule has 0 bridgehead atoms. The zero-order chi connectivity index (χ0) is 30.7. The number of fused-ring (bicyclic) bond motifs is 1. The van der Waals surface area contributed by atoms with Crippen LogP contribution in [0.4, 0.5) is 5.69 Å². The molecule has 4 aromatic carbocycles. The maximum absolute atomic E-state index is 12.7. The lowest BCUT2D eigenvalue weighted by Gasteiger charge is -2.27. The predicted octanol–water partition coefficient (Wildman–Crippen LogP) is 6.93. The minimum absolute atomic E-state index is 0.00429. The van der Waals surface area contributed by atoms with Gasteiger partial charge in [0, 0.05) is 39.4 Å². The maximum Gasteiger partial charge on any atom is 0.343 e. The summed E-state index contributed by atoms with van der Waals surface area (Å²) in [5.41, 5.74) is 8.07. The number of carbonyl (C=O) groups is 1. The number of non-ortho nitro benzene ring substituents is 1. The number of carbonyl (C=O) groups excluding carboxylic acids is 1. The van der Waals surface area contributed by atoms with Gasteiger partial charge in [-0.15, -0.1) is 0 Å². The van der Waals surface area contributed by atoms with Gasteiger partial charge in [-0.3, -0.25) is 10.1 Å². The van der Waals surface area contributed by atoms with Crippen LogP contribution in [-0.4, -0.2) is 18.0 Å². The van der Waals surface area contributed by atoms with Crippen molar-refractivity contribution in [1.82, 2.24) is 0 Å². The molecule has 0 aromatic heterocycles. The molecule has 2 N–H and O–H groups in total. The second-order valence-electron chi connectivity index (χ2n) is 9.26. The van der Waals surface area contributed by atoms with Crippen molar-refractivity contribution in [3.8, 4) is 29.1 Å². The van der Waals surface area contributed by atoms with E-state index < -0.39 is 16.8 Å². The molecule has 43 heavy (non-hydrogen) atoms. The van der Waals surface area contributed by atoms with E-state index in [4.69, 9.17) is 47.9 Å². The molecule has 0 radical (unpaired) electrons. The summed E-state index contributed by atoms with van der Waals surface area (Å²) in [5, 5.41) is 22.0. The average molecular weight is 618 g/mol. The highest BCUT2D eigenvalue weighted by molar-refractivity contribution is 6.35. The Morgan fingerprint density at radius 3 is 2.60 bits per heavy atom. The van der Waals surface area contributed by atoms with E-state index in [0.29, 0.717) is 32.7 Å². The Kier molecular flexibility index (Phi) is 8.39. The minimum atomic E-state index is -0.794. The quantitative estimate of drug-likeness (QED) is 0.0961. The van der Waals surface area contributed by atoms with Gasteiger partial charge in [0.05, 0.1) is 23.5 Å². The normalized spacial score (nSPS) is 13.8. The van der Waals surface area contributed by atoms with E-state index in [1.807, 2.05) is 0 Å². The lowest BCUT2D eigenvalue weighted by molar-refractivity contribution is -0.384. The van der Waals surface area contributed by atoms with Crippen molar-refractivity contribution in [2.75, 3.05) is 7.11 Å². The van der Waals surface area contributed by atoms with Gasteiger partial charge in [0.25, 0.3) is 5.69 Å². The van der Waals surface area contributed by atoms with Gasteiger partial charge >= 0.3 is 5.97 Å². The van der Waals surface area contributed by atoms with Gasteiger partial charge in [-0.2, -0.15) is 5.26 Å². The number of hydrogen-bond donors (Lipinski definition) is 1. The summed E-state index contributed by atoms with van der Waals surface area (Å²) in [7, 11) is 1.50. The summed E-state index contributed by atoms with van der Waals surface area (Å²) >= 11 is 12.3. The molecule has 1 aliphatic heterocycles. The highest BCUT2D eigenvalue weighted by Crippen LogP contribution is 2.45. The Hall–Kier alpha value is -5.24. The third kappa shape index (κ3) is 6.18. The summed E-state index contributed by atoms with van der Waals surface area (Å²) in [5.74, 6) is -0.301. The number of allylic oxidation sites excluding steroid dienone is 1. The van der Waals surface area contributed by atoms with Crippen LogP contribution >= 0.6 is 23.2 Å². The van der Waals surface area contributed by atoms with Crippen LogP contribution in [0, 0.1) is 21.4 Å². The summed E-state index contributed by atoms with van der Waals surface area (Å²) in [6.07, 6.45) is 0. The molecule has 4 aromatic rings. The van der Waals surface area contributed by atoms with Crippen LogP contribution in [-0.2, 0) is 6.61 Å². The summed E-state index contributed by atoms with van der Waals surface area (Å²) in [6.45, 7) is 0.167. The van der Waals surface area contributed by atoms with E-state index in [1.165, 1.54) is 37.4 Å². The molecule has 216 valence electrons. The second kappa shape index (κ2) is 12.3. The molecular formula is C31H21Cl2N3O7. The molecule has 1 heterocycles. The van der Waals surface area contributed by atoms with Crippen molar-refractivity contribution < 1.29 is 28.7 Å². The average Bonchev–Trinajstić information content (AvgIpc) is 3.00. The van der Waals surface area contributed by atoms with E-state index in [9.17, 15) is 20.2 Å². The van der Waals surface area contributed by atoms with Gasteiger partial charge < -0.3 is 24.7 Å². The zero-order valence-electron chi connectivity index (χ0n) is 22.4. The van der Waals surface area contributed by atoms with Gasteiger partial charge in [-0.1, -0.05) is 47.5 Å². The highest BCUT2D eigenvalue weighted by Gasteiger charge is 2.32. The predicted molar refractivity (Wildman–Crippen MR) is 158 cm³/mol. The number of nitrogens with two attached hydrogens (primary N) is 1. The van der Waals surface area contributed by atoms with Crippen molar-refractivity contribution >= 4 is 34.9 Å². The van der Waals surface area contributed by atoms with Gasteiger partial charge in [0.15, 0.2) is 11.5 Å². The van der Waals surface area contributed by atoms with Gasteiger partial charge in [-0.25, -0.2) is 4.79 Å². The SMILES string of the molecule is COc1cc(C2C(C#N)=C(N)Oc3cc(OC(=O)c4cccc([N+](=O)[O-])c4)ccc32)ccc1OCc1ccc(Cl)cc1Cl. The van der Waals surface area contributed by atoms with Crippen molar-refractivity contribution in [2.24, 2.45) is 5.73 Å². The van der Waals surface area contributed by atoms with Crippen LogP contribution in [0.1, 0.15) is 33.0 Å². The number of halogens is 2. The van der Waals surface area contributed by atoms with Crippen LogP contribution < -0.4 is 24.7 Å². The van der Waals surface area contributed by atoms with E-state index in [-0.39, 0.29) is 40.8 Å². The number of benzene rings is 4. The Labute approximate surface area is 255 Å². The van der Waals surface area contributed by atoms with E-state index in [2.05, 4.69) is 6.07 Å². The molecule has 0 saturated carbocycles. The first-order valence-electron chi connectivity index (χ1n) is 12.6. The van der Waals surface area contributed by atoms with Gasteiger partial charge in [0.1, 0.15) is 29.7 Å². The largest absolute Gasteiger partial charge is 0.493 e. The highest BCUT2D eigenvalue weighted by atomic mass is 35.5. The topological polar surface area (TPSA) is 147 Å². The molecule has 5 rings (SSSR count). The Morgan fingerprint density at radius 2 is 1.88 bits per heavy atom. The van der Waals surface area contributed by atoms with E-state index >= 15 is 0 Å². The third-order valence-corrected chi connectivity index (χ3v) is 7.20. The van der Waals surface area contributed by atoms with Crippen molar-refractivity contribution in [3.05, 3.63) is 133 Å². The van der Waals surface area contributed by atoms with Gasteiger partial charge in [-0.05, 0) is 42.0 Å². The number of rotatable bonds is 8. The number of esters is 1. The molecule has 1 atom stereocenters. The Bertz CT molecular complexity index is 1830. The number of nitro benzene ring substituents is 1. The molecule has 0 fully saturated rings. The molecule has 10 nitrogen and oxygen atoms in total. The zero-order valence-corrected chi connectivity index (χ0v) is 23.9. The molecule has 0 aliphatic carbocycles. The fourth-order valence-electron chi connectivity index (χ4n) is 4.53. The molecular weight excluding hydrogens is 597 g/mol. The summed E-state index contributed by atoms with van der Waals surface area (Å²) in [6, 6.07) is 22.3. The number of methoxy groups -OCH3 is 1. The Morgan fingerprint density at radius 1 is 1.07 bits per heavy atom. The molecule has 0 amide bonds. The maximum atomic E-state index is 12.7. The van der Waals surface area contributed by atoms with Crippen LogP contribution in [0.25, 0.3) is 0 Å². The number of nitrogens with zero attached hydrogens (tertiary/aromatic N) is 2. The smallest absolute Gasteiger partial charge is 0.343 e. The second-order valence-corrected chi connectivity index (χ2v) is 10.1. The first-order chi connectivity index (χ1) is 20.7. The van der Waals surface area contributed by atoms with Crippen LogP contribution in [0.5, 0.6) is 23.0 Å². The first-order valence-corrected chi connectivity index (χ1v) is 13.4. The van der Waals surface area contributed by atoms with Crippen molar-refractivity contribution in [2.45, 2.75) is 12.5 Å². The molecule has 0 saturated heterocycles. The fraction of sp³-hybridized carbons (Fsp3) is 0.0968. The standard InChI is InChI=1S/C31H21Cl2N3O7/c1-40-28-12-17(6-10-26(28)41-16-19-5-7-20(32)13-25(19)33)29-23-9-8-22(14-27(23)43-30(35)24(29)15-34)42-31(37)18-3-2-4-21(11-18)36(38)39/h2-14,29H,16,35H2,1H3. The van der Waals surface area contributed by atoms with Crippen LogP contribution in [0.15, 0.2) is 90.3 Å². The third-order valence-electron chi connectivity index (χ3n) is 6.61. The number of hydrogen-bond acceptors (Lipinski definition) is 9. The molecule has 12 heteroatoms. The first kappa shape index (κ1) is 29.3. The van der Waals surface area contributed by atoms with Crippen LogP contribution in [0.2, 0.25) is 10.0 Å².